The third-order valence-corrected chi connectivity index (χ3v) is 4.08. The predicted molar refractivity (Wildman–Crippen MR) is 95.2 cm³/mol. The molecule has 1 saturated heterocycles. The average Bonchev–Trinajstić information content (AvgIpc) is 2.68. The molecule has 0 spiro atoms. The van der Waals surface area contributed by atoms with Crippen LogP contribution in [0.25, 0.3) is 0 Å². The first-order valence-electron chi connectivity index (χ1n) is 8.02. The Kier molecular flexibility index (Phi) is 5.10. The van der Waals surface area contributed by atoms with Gasteiger partial charge in [-0.15, -0.1) is 0 Å². The summed E-state index contributed by atoms with van der Waals surface area (Å²) in [6, 6.07) is 12.9. The molecule has 1 amide bonds. The van der Waals surface area contributed by atoms with Crippen molar-refractivity contribution < 1.29 is 14.5 Å². The van der Waals surface area contributed by atoms with Gasteiger partial charge in [0.1, 0.15) is 11.8 Å². The lowest BCUT2D eigenvalue weighted by Gasteiger charge is -2.28. The summed E-state index contributed by atoms with van der Waals surface area (Å²) in [4.78, 5) is 25.3. The van der Waals surface area contributed by atoms with Crippen LogP contribution < -0.4 is 10.2 Å². The molecule has 132 valence electrons. The van der Waals surface area contributed by atoms with Crippen molar-refractivity contribution in [3.8, 4) is 6.07 Å². The zero-order chi connectivity index (χ0) is 18.5. The van der Waals surface area contributed by atoms with Crippen LogP contribution in [0.15, 0.2) is 42.5 Å². The number of anilines is 2. The van der Waals surface area contributed by atoms with E-state index in [1.54, 1.807) is 36.4 Å². The molecule has 2 aromatic rings. The summed E-state index contributed by atoms with van der Waals surface area (Å²) >= 11 is 0. The Balaban J connectivity index is 1.88. The number of rotatable bonds is 4. The van der Waals surface area contributed by atoms with E-state index < -0.39 is 10.8 Å². The van der Waals surface area contributed by atoms with E-state index >= 15 is 0 Å². The minimum Gasteiger partial charge on any atom is -0.378 e. The lowest BCUT2D eigenvalue weighted by Crippen LogP contribution is -2.36. The minimum absolute atomic E-state index is 0.131. The van der Waals surface area contributed by atoms with Crippen LogP contribution in [0.1, 0.15) is 15.9 Å². The molecular weight excluding hydrogens is 336 g/mol. The standard InChI is InChI=1S/C18H16N4O4/c19-12-14-3-1-2-4-15(14)20-18(23)13-5-6-16(17(11-13)22(24)25)21-7-9-26-10-8-21/h1-6,11H,7-10H2,(H,20,23). The summed E-state index contributed by atoms with van der Waals surface area (Å²) in [5, 5.41) is 23.2. The van der Waals surface area contributed by atoms with Crippen LogP contribution in [-0.2, 0) is 4.74 Å². The topological polar surface area (TPSA) is 108 Å². The van der Waals surface area contributed by atoms with Gasteiger partial charge in [-0.1, -0.05) is 12.1 Å². The molecule has 1 heterocycles. The van der Waals surface area contributed by atoms with Crippen molar-refractivity contribution in [3.63, 3.8) is 0 Å². The van der Waals surface area contributed by atoms with Crippen molar-refractivity contribution in [2.45, 2.75) is 0 Å². The number of nitrogens with zero attached hydrogens (tertiary/aromatic N) is 3. The van der Waals surface area contributed by atoms with Crippen LogP contribution in [0, 0.1) is 21.4 Å². The second-order valence-corrected chi connectivity index (χ2v) is 5.67. The van der Waals surface area contributed by atoms with Gasteiger partial charge in [0.25, 0.3) is 11.6 Å². The Labute approximate surface area is 149 Å². The number of para-hydroxylation sites is 1. The van der Waals surface area contributed by atoms with Crippen molar-refractivity contribution in [3.05, 3.63) is 63.7 Å². The maximum atomic E-state index is 12.5. The lowest BCUT2D eigenvalue weighted by molar-refractivity contribution is -0.384. The largest absolute Gasteiger partial charge is 0.378 e. The average molecular weight is 352 g/mol. The van der Waals surface area contributed by atoms with Crippen LogP contribution in [0.3, 0.4) is 0 Å². The molecule has 1 fully saturated rings. The number of ether oxygens (including phenoxy) is 1. The second kappa shape index (κ2) is 7.63. The number of nitro groups is 1. The van der Waals surface area contributed by atoms with Crippen LogP contribution in [-0.4, -0.2) is 37.1 Å². The number of amides is 1. The number of carbonyl (C=O) groups excluding carboxylic acids is 1. The van der Waals surface area contributed by atoms with Crippen molar-refractivity contribution >= 4 is 23.0 Å². The van der Waals surface area contributed by atoms with Crippen molar-refractivity contribution in [2.24, 2.45) is 0 Å². The van der Waals surface area contributed by atoms with E-state index in [9.17, 15) is 14.9 Å². The lowest BCUT2D eigenvalue weighted by atomic mass is 10.1. The van der Waals surface area contributed by atoms with Gasteiger partial charge in [-0.25, -0.2) is 0 Å². The van der Waals surface area contributed by atoms with E-state index in [-0.39, 0.29) is 11.3 Å². The summed E-state index contributed by atoms with van der Waals surface area (Å²) in [5.74, 6) is -0.510. The molecule has 26 heavy (non-hydrogen) atoms. The van der Waals surface area contributed by atoms with Gasteiger partial charge in [-0.3, -0.25) is 14.9 Å². The Morgan fingerprint density at radius 3 is 2.65 bits per heavy atom. The number of morpholine rings is 1. The van der Waals surface area contributed by atoms with E-state index in [4.69, 9.17) is 10.00 Å². The van der Waals surface area contributed by atoms with Gasteiger partial charge < -0.3 is 15.0 Å². The number of nitro benzene ring substituents is 1. The van der Waals surface area contributed by atoms with Gasteiger partial charge in [0.2, 0.25) is 0 Å². The van der Waals surface area contributed by atoms with E-state index in [0.29, 0.717) is 43.2 Å². The highest BCUT2D eigenvalue weighted by Gasteiger charge is 2.23. The fraction of sp³-hybridized carbons (Fsp3) is 0.222. The number of nitriles is 1. The summed E-state index contributed by atoms with van der Waals surface area (Å²) in [6.07, 6.45) is 0. The fourth-order valence-corrected chi connectivity index (χ4v) is 2.77. The summed E-state index contributed by atoms with van der Waals surface area (Å²) in [6.45, 7) is 2.12. The Morgan fingerprint density at radius 1 is 1.23 bits per heavy atom. The van der Waals surface area contributed by atoms with Gasteiger partial charge in [0.05, 0.1) is 29.4 Å². The first kappa shape index (κ1) is 17.4. The number of nitrogens with one attached hydrogen (secondary N) is 1. The highest BCUT2D eigenvalue weighted by molar-refractivity contribution is 6.05. The minimum atomic E-state index is -0.510. The molecule has 8 nitrogen and oxygen atoms in total. The Bertz CT molecular complexity index is 885. The first-order valence-corrected chi connectivity index (χ1v) is 8.02. The van der Waals surface area contributed by atoms with Gasteiger partial charge in [0.15, 0.2) is 0 Å². The number of hydrogen-bond donors (Lipinski definition) is 1. The highest BCUT2D eigenvalue weighted by atomic mass is 16.6. The third-order valence-electron chi connectivity index (χ3n) is 4.08. The number of benzene rings is 2. The van der Waals surface area contributed by atoms with Crippen molar-refractivity contribution in [1.82, 2.24) is 0 Å². The number of hydrogen-bond acceptors (Lipinski definition) is 6. The molecule has 0 atom stereocenters. The molecule has 0 unspecified atom stereocenters. The Hall–Kier alpha value is -3.44. The highest BCUT2D eigenvalue weighted by Crippen LogP contribution is 2.30. The molecule has 1 N–H and O–H groups in total. The normalized spacial score (nSPS) is 13.7. The summed E-state index contributed by atoms with van der Waals surface area (Å²) < 4.78 is 5.27. The molecule has 3 rings (SSSR count). The van der Waals surface area contributed by atoms with Gasteiger partial charge in [-0.2, -0.15) is 5.26 Å². The van der Waals surface area contributed by atoms with Crippen LogP contribution in [0.5, 0.6) is 0 Å². The first-order chi connectivity index (χ1) is 12.6. The van der Waals surface area contributed by atoms with Gasteiger partial charge >= 0.3 is 0 Å². The molecule has 1 aliphatic heterocycles. The van der Waals surface area contributed by atoms with Crippen LogP contribution in [0.4, 0.5) is 17.1 Å². The quantitative estimate of drug-likeness (QED) is 0.669. The van der Waals surface area contributed by atoms with Crippen molar-refractivity contribution in [1.29, 1.82) is 5.26 Å². The smallest absolute Gasteiger partial charge is 0.293 e. The maximum absolute atomic E-state index is 12.5. The van der Waals surface area contributed by atoms with Crippen molar-refractivity contribution in [2.75, 3.05) is 36.5 Å². The molecule has 2 aromatic carbocycles. The van der Waals surface area contributed by atoms with E-state index in [1.807, 2.05) is 11.0 Å². The van der Waals surface area contributed by atoms with E-state index in [2.05, 4.69) is 5.32 Å². The zero-order valence-corrected chi connectivity index (χ0v) is 13.8. The summed E-state index contributed by atoms with van der Waals surface area (Å²) in [5.41, 5.74) is 1.17. The molecule has 0 saturated carbocycles. The molecule has 1 aliphatic rings. The second-order valence-electron chi connectivity index (χ2n) is 5.67. The molecule has 8 heteroatoms. The van der Waals surface area contributed by atoms with Crippen LogP contribution >= 0.6 is 0 Å². The SMILES string of the molecule is N#Cc1ccccc1NC(=O)c1ccc(N2CCOCC2)c([N+](=O)[O-])c1. The van der Waals surface area contributed by atoms with Gasteiger partial charge in [0, 0.05) is 24.7 Å². The molecule has 0 aromatic heterocycles. The van der Waals surface area contributed by atoms with Crippen LogP contribution in [0.2, 0.25) is 0 Å². The Morgan fingerprint density at radius 2 is 1.96 bits per heavy atom. The van der Waals surface area contributed by atoms with E-state index in [0.717, 1.165) is 0 Å². The number of carbonyl (C=O) groups is 1. The van der Waals surface area contributed by atoms with E-state index in [1.165, 1.54) is 6.07 Å². The van der Waals surface area contributed by atoms with Gasteiger partial charge in [-0.05, 0) is 24.3 Å². The molecule has 0 bridgehead atoms. The zero-order valence-electron chi connectivity index (χ0n) is 13.8. The fourth-order valence-electron chi connectivity index (χ4n) is 2.77. The maximum Gasteiger partial charge on any atom is 0.293 e. The monoisotopic (exact) mass is 352 g/mol. The summed E-state index contributed by atoms with van der Waals surface area (Å²) in [7, 11) is 0. The molecular formula is C18H16N4O4. The predicted octanol–water partition coefficient (Wildman–Crippen LogP) is 2.56. The molecule has 0 radical (unpaired) electrons. The third kappa shape index (κ3) is 3.63. The molecule has 0 aliphatic carbocycles.